The normalized spacial score (nSPS) is 18.3. The van der Waals surface area contributed by atoms with Crippen LogP contribution in [0.2, 0.25) is 0 Å². The predicted octanol–water partition coefficient (Wildman–Crippen LogP) is 10.5. The van der Waals surface area contributed by atoms with Crippen molar-refractivity contribution in [2.75, 3.05) is 0 Å². The van der Waals surface area contributed by atoms with Crippen molar-refractivity contribution >= 4 is 30.7 Å². The van der Waals surface area contributed by atoms with Crippen LogP contribution in [-0.2, 0) is 26.1 Å². The molecule has 0 bridgehead atoms. The number of para-hydroxylation sites is 2. The largest absolute Gasteiger partial charge is 0.508 e. The number of phenols is 3. The van der Waals surface area contributed by atoms with Crippen molar-refractivity contribution in [2.24, 2.45) is 0 Å². The summed E-state index contributed by atoms with van der Waals surface area (Å²) in [5.74, 6) is 1.25. The molecule has 6 aromatic rings. The van der Waals surface area contributed by atoms with Crippen molar-refractivity contribution in [2.45, 2.75) is 58.5 Å². The fourth-order valence-corrected chi connectivity index (χ4v) is 11.8. The van der Waals surface area contributed by atoms with Gasteiger partial charge < -0.3 is 24.4 Å². The van der Waals surface area contributed by atoms with Gasteiger partial charge in [0.05, 0.1) is 22.1 Å². The zero-order valence-electron chi connectivity index (χ0n) is 31.2. The van der Waals surface area contributed by atoms with Crippen LogP contribution in [0.4, 0.5) is 0 Å². The van der Waals surface area contributed by atoms with E-state index in [1.54, 1.807) is 24.3 Å². The van der Waals surface area contributed by atoms with Crippen molar-refractivity contribution in [1.82, 2.24) is 0 Å². The Morgan fingerprint density at radius 2 is 0.981 bits per heavy atom. The molecular weight excluding hydrogens is 714 g/mol. The third-order valence-electron chi connectivity index (χ3n) is 9.77. The Morgan fingerprint density at radius 1 is 0.519 bits per heavy atom. The van der Waals surface area contributed by atoms with E-state index < -0.39 is 14.7 Å². The maximum absolute atomic E-state index is 14.3. The van der Waals surface area contributed by atoms with Crippen molar-refractivity contribution in [3.05, 3.63) is 144 Å². The maximum atomic E-state index is 14.3. The minimum Gasteiger partial charge on any atom is -0.508 e. The number of rotatable bonds is 3. The molecule has 0 aliphatic carbocycles. The number of fused-ring (bicyclic) bond motifs is 6. The number of benzene rings is 6. The lowest BCUT2D eigenvalue weighted by Gasteiger charge is -2.31. The number of phenolic OH excluding ortho intramolecular Hbond substituents is 3. The minimum atomic E-state index is -3.56. The van der Waals surface area contributed by atoms with E-state index >= 15 is 0 Å². The highest BCUT2D eigenvalue weighted by Crippen LogP contribution is 2.58. The number of hydrogen-bond acceptors (Lipinski definition) is 7. The Hall–Kier alpha value is -5.22. The van der Waals surface area contributed by atoms with Crippen molar-refractivity contribution in [3.8, 4) is 51.0 Å². The van der Waals surface area contributed by atoms with E-state index in [1.807, 2.05) is 84.9 Å². The van der Waals surface area contributed by atoms with Gasteiger partial charge >= 0.3 is 7.37 Å². The molecule has 276 valence electrons. The van der Waals surface area contributed by atoms with Crippen LogP contribution in [0.1, 0.15) is 58.2 Å². The third kappa shape index (κ3) is 6.72. The van der Waals surface area contributed by atoms with Gasteiger partial charge in [0.2, 0.25) is 0 Å². The second-order valence-corrected chi connectivity index (χ2v) is 20.4. The first kappa shape index (κ1) is 37.1. The first-order valence-electron chi connectivity index (χ1n) is 17.9. The molecule has 2 heterocycles. The Bertz CT molecular complexity index is 2470. The maximum Gasteiger partial charge on any atom is 0.311 e. The number of aromatic hydroxyl groups is 3. The van der Waals surface area contributed by atoms with Gasteiger partial charge in [-0.15, -0.1) is 0 Å². The Balaban J connectivity index is 0.000000174. The standard InChI is InChI=1S/C27H31O3P.C18H13O4P/c1-26(2,3)21-15-18(16-22(25(21)28)27(4,5)6)17-31(29)24-14-10-8-12-20(24)19-11-7-9-13-23(19)30-31;19-12-9-10-15(20)18(11-12)23(21)17-8-4-2-6-14(17)13-5-1-3-7-16(13)22-23/h7-16,28H,17H2,1-6H3;1-11,19-20H. The molecule has 6 aromatic carbocycles. The first-order valence-corrected chi connectivity index (χ1v) is 21.3. The molecule has 0 amide bonds. The van der Waals surface area contributed by atoms with Gasteiger partial charge in [-0.05, 0) is 81.1 Å². The third-order valence-corrected chi connectivity index (χ3v) is 14.6. The zero-order valence-corrected chi connectivity index (χ0v) is 33.0. The Morgan fingerprint density at radius 3 is 1.54 bits per heavy atom. The summed E-state index contributed by atoms with van der Waals surface area (Å²) in [7, 11) is -6.76. The molecule has 2 aliphatic heterocycles. The Labute approximate surface area is 316 Å². The topological polar surface area (TPSA) is 113 Å². The van der Waals surface area contributed by atoms with E-state index in [9.17, 15) is 24.4 Å². The SMILES string of the molecule is CC(C)(C)c1cc(CP2(=O)Oc3ccccc3-c3ccccc32)cc(C(C)(C)C)c1O.O=P1(c2cc(O)ccc2O)Oc2ccccc2-c2ccccc21. The molecule has 2 unspecified atom stereocenters. The van der Waals surface area contributed by atoms with E-state index in [2.05, 4.69) is 41.5 Å². The van der Waals surface area contributed by atoms with Gasteiger partial charge in [-0.1, -0.05) is 126 Å². The van der Waals surface area contributed by atoms with E-state index in [4.69, 9.17) is 9.05 Å². The fraction of sp³-hybridized carbons (Fsp3) is 0.200. The summed E-state index contributed by atoms with van der Waals surface area (Å²) in [6.07, 6.45) is 0.283. The average Bonchev–Trinajstić information content (AvgIpc) is 3.13. The Kier molecular flexibility index (Phi) is 9.33. The highest BCUT2D eigenvalue weighted by Gasteiger charge is 2.40. The summed E-state index contributed by atoms with van der Waals surface area (Å²) in [6.45, 7) is 12.5. The molecule has 0 saturated heterocycles. The summed E-state index contributed by atoms with van der Waals surface area (Å²) in [6, 6.07) is 38.1. The van der Waals surface area contributed by atoms with Crippen LogP contribution >= 0.6 is 14.7 Å². The second-order valence-electron chi connectivity index (χ2n) is 15.8. The van der Waals surface area contributed by atoms with Gasteiger partial charge in [0, 0.05) is 11.1 Å². The predicted molar refractivity (Wildman–Crippen MR) is 218 cm³/mol. The monoisotopic (exact) mass is 758 g/mol. The van der Waals surface area contributed by atoms with Crippen molar-refractivity contribution < 1.29 is 33.5 Å². The van der Waals surface area contributed by atoms with Crippen LogP contribution in [-0.4, -0.2) is 15.3 Å². The van der Waals surface area contributed by atoms with E-state index in [-0.39, 0.29) is 33.8 Å². The van der Waals surface area contributed by atoms with Crippen LogP contribution in [0, 0.1) is 0 Å². The van der Waals surface area contributed by atoms with Gasteiger partial charge in [-0.3, -0.25) is 9.13 Å². The highest BCUT2D eigenvalue weighted by atomic mass is 31.2. The molecule has 3 N–H and O–H groups in total. The fourth-order valence-electron chi connectivity index (χ4n) is 7.10. The molecule has 0 radical (unpaired) electrons. The number of hydrogen-bond donors (Lipinski definition) is 3. The molecule has 9 heteroatoms. The van der Waals surface area contributed by atoms with E-state index in [0.29, 0.717) is 22.6 Å². The van der Waals surface area contributed by atoms with Gasteiger partial charge in [-0.25, -0.2) is 0 Å². The minimum absolute atomic E-state index is 0.0760. The van der Waals surface area contributed by atoms with Crippen molar-refractivity contribution in [1.29, 1.82) is 0 Å². The summed E-state index contributed by atoms with van der Waals surface area (Å²) >= 11 is 0. The van der Waals surface area contributed by atoms with Crippen LogP contribution < -0.4 is 25.0 Å². The lowest BCUT2D eigenvalue weighted by atomic mass is 9.78. The molecule has 0 aromatic heterocycles. The van der Waals surface area contributed by atoms with E-state index in [0.717, 1.165) is 44.2 Å². The van der Waals surface area contributed by atoms with Gasteiger partial charge in [0.15, 0.2) is 0 Å². The summed E-state index contributed by atoms with van der Waals surface area (Å²) in [5, 5.41) is 32.3. The summed E-state index contributed by atoms with van der Waals surface area (Å²) in [5.41, 5.74) is 5.78. The lowest BCUT2D eigenvalue weighted by Crippen LogP contribution is -2.25. The van der Waals surface area contributed by atoms with Crippen LogP contribution in [0.25, 0.3) is 22.3 Å². The molecule has 0 spiro atoms. The quantitative estimate of drug-likeness (QED) is 0.122. The van der Waals surface area contributed by atoms with Gasteiger partial charge in [0.25, 0.3) is 7.37 Å². The molecule has 7 nitrogen and oxygen atoms in total. The van der Waals surface area contributed by atoms with E-state index in [1.165, 1.54) is 18.2 Å². The highest BCUT2D eigenvalue weighted by molar-refractivity contribution is 7.75. The first-order chi connectivity index (χ1) is 25.5. The summed E-state index contributed by atoms with van der Waals surface area (Å²) in [4.78, 5) is 0. The zero-order chi connectivity index (χ0) is 38.6. The van der Waals surface area contributed by atoms with Crippen molar-refractivity contribution in [3.63, 3.8) is 0 Å². The molecule has 0 fully saturated rings. The van der Waals surface area contributed by atoms with Crippen LogP contribution in [0.5, 0.6) is 28.7 Å². The lowest BCUT2D eigenvalue weighted by molar-refractivity contribution is 0.422. The molecule has 54 heavy (non-hydrogen) atoms. The van der Waals surface area contributed by atoms with Crippen LogP contribution in [0.15, 0.2) is 127 Å². The molecular formula is C45H44O7P2. The molecule has 0 saturated carbocycles. The van der Waals surface area contributed by atoms with Crippen LogP contribution in [0.3, 0.4) is 0 Å². The molecule has 8 rings (SSSR count). The average molecular weight is 759 g/mol. The summed E-state index contributed by atoms with van der Waals surface area (Å²) < 4.78 is 40.1. The second kappa shape index (κ2) is 13.6. The molecule has 2 atom stereocenters. The van der Waals surface area contributed by atoms with Gasteiger partial charge in [-0.2, -0.15) is 0 Å². The smallest absolute Gasteiger partial charge is 0.311 e. The molecule has 2 aliphatic rings. The van der Waals surface area contributed by atoms with Gasteiger partial charge in [0.1, 0.15) is 28.7 Å².